The SMILES string of the molecule is CC(=O)c1cc(C(C)O)c(C)nc1OCc1ccccc1. The maximum absolute atomic E-state index is 11.8. The molecule has 0 saturated carbocycles. The van der Waals surface area contributed by atoms with Gasteiger partial charge in [0.25, 0.3) is 0 Å². The van der Waals surface area contributed by atoms with Crippen molar-refractivity contribution in [3.8, 4) is 5.88 Å². The molecule has 0 spiro atoms. The van der Waals surface area contributed by atoms with E-state index in [0.29, 0.717) is 29.3 Å². The highest BCUT2D eigenvalue weighted by atomic mass is 16.5. The molecule has 0 amide bonds. The van der Waals surface area contributed by atoms with Crippen molar-refractivity contribution < 1.29 is 14.6 Å². The Morgan fingerprint density at radius 3 is 2.57 bits per heavy atom. The Kier molecular flexibility index (Phi) is 4.70. The Labute approximate surface area is 124 Å². The van der Waals surface area contributed by atoms with Gasteiger partial charge >= 0.3 is 0 Å². The average molecular weight is 285 g/mol. The summed E-state index contributed by atoms with van der Waals surface area (Å²) in [5, 5.41) is 9.72. The van der Waals surface area contributed by atoms with Crippen LogP contribution in [-0.2, 0) is 6.61 Å². The summed E-state index contributed by atoms with van der Waals surface area (Å²) in [4.78, 5) is 16.1. The molecule has 0 bridgehead atoms. The number of pyridine rings is 1. The Morgan fingerprint density at radius 2 is 2.00 bits per heavy atom. The van der Waals surface area contributed by atoms with Crippen LogP contribution in [0.4, 0.5) is 0 Å². The number of hydrogen-bond donors (Lipinski definition) is 1. The van der Waals surface area contributed by atoms with Gasteiger partial charge in [-0.1, -0.05) is 30.3 Å². The molecule has 21 heavy (non-hydrogen) atoms. The molecule has 110 valence electrons. The first-order chi connectivity index (χ1) is 9.99. The summed E-state index contributed by atoms with van der Waals surface area (Å²) < 4.78 is 5.69. The van der Waals surface area contributed by atoms with E-state index in [-0.39, 0.29) is 5.78 Å². The third-order valence-electron chi connectivity index (χ3n) is 3.27. The first-order valence-corrected chi connectivity index (χ1v) is 6.86. The quantitative estimate of drug-likeness (QED) is 0.857. The van der Waals surface area contributed by atoms with Gasteiger partial charge in [-0.25, -0.2) is 4.98 Å². The lowest BCUT2D eigenvalue weighted by Gasteiger charge is -2.14. The lowest BCUT2D eigenvalue weighted by atomic mass is 10.0. The van der Waals surface area contributed by atoms with E-state index in [1.807, 2.05) is 30.3 Å². The minimum absolute atomic E-state index is 0.132. The molecule has 0 aliphatic carbocycles. The van der Waals surface area contributed by atoms with Gasteiger partial charge in [0.05, 0.1) is 11.7 Å². The van der Waals surface area contributed by atoms with E-state index in [4.69, 9.17) is 4.74 Å². The van der Waals surface area contributed by atoms with Crippen LogP contribution >= 0.6 is 0 Å². The van der Waals surface area contributed by atoms with Crippen LogP contribution in [0.25, 0.3) is 0 Å². The van der Waals surface area contributed by atoms with Gasteiger partial charge in [0.15, 0.2) is 5.78 Å². The standard InChI is InChI=1S/C17H19NO3/c1-11-15(12(2)19)9-16(13(3)20)17(18-11)21-10-14-7-5-4-6-8-14/h4-9,12,19H,10H2,1-3H3. The number of carbonyl (C=O) groups is 1. The van der Waals surface area contributed by atoms with Crippen LogP contribution in [0.1, 0.15) is 47.1 Å². The fourth-order valence-corrected chi connectivity index (χ4v) is 2.11. The topological polar surface area (TPSA) is 59.4 Å². The van der Waals surface area contributed by atoms with E-state index in [2.05, 4.69) is 4.98 Å². The van der Waals surface area contributed by atoms with Gasteiger partial charge in [0.2, 0.25) is 5.88 Å². The van der Waals surface area contributed by atoms with Crippen LogP contribution in [0.3, 0.4) is 0 Å². The summed E-state index contributed by atoms with van der Waals surface area (Å²) in [5.74, 6) is 0.181. The predicted molar refractivity (Wildman–Crippen MR) is 80.4 cm³/mol. The summed E-state index contributed by atoms with van der Waals surface area (Å²) in [6.45, 7) is 5.26. The van der Waals surface area contributed by atoms with E-state index in [9.17, 15) is 9.90 Å². The van der Waals surface area contributed by atoms with Crippen LogP contribution in [0, 0.1) is 6.92 Å². The van der Waals surface area contributed by atoms with E-state index >= 15 is 0 Å². The normalized spacial score (nSPS) is 12.0. The predicted octanol–water partition coefficient (Wildman–Crippen LogP) is 3.22. The maximum Gasteiger partial charge on any atom is 0.224 e. The molecule has 1 aromatic heterocycles. The minimum atomic E-state index is -0.668. The van der Waals surface area contributed by atoms with Crippen molar-refractivity contribution in [3.05, 3.63) is 58.8 Å². The van der Waals surface area contributed by atoms with Crippen LogP contribution in [-0.4, -0.2) is 15.9 Å². The van der Waals surface area contributed by atoms with Gasteiger partial charge in [-0.15, -0.1) is 0 Å². The third kappa shape index (κ3) is 3.67. The molecule has 1 N–H and O–H groups in total. The molecule has 4 nitrogen and oxygen atoms in total. The highest BCUT2D eigenvalue weighted by Crippen LogP contribution is 2.25. The fourth-order valence-electron chi connectivity index (χ4n) is 2.11. The molecule has 4 heteroatoms. The number of benzene rings is 1. The second-order valence-corrected chi connectivity index (χ2v) is 5.02. The van der Waals surface area contributed by atoms with Gasteiger partial charge in [-0.2, -0.15) is 0 Å². The molecule has 0 aliphatic rings. The molecule has 0 fully saturated rings. The van der Waals surface area contributed by atoms with Gasteiger partial charge in [0, 0.05) is 11.3 Å². The highest BCUT2D eigenvalue weighted by molar-refractivity contribution is 5.96. The van der Waals surface area contributed by atoms with Gasteiger partial charge in [-0.05, 0) is 32.4 Å². The molecule has 1 unspecified atom stereocenters. The largest absolute Gasteiger partial charge is 0.472 e. The number of aliphatic hydroxyl groups is 1. The number of ketones is 1. The number of aryl methyl sites for hydroxylation is 1. The molecular weight excluding hydrogens is 266 g/mol. The lowest BCUT2D eigenvalue weighted by Crippen LogP contribution is -2.08. The van der Waals surface area contributed by atoms with Crippen molar-refractivity contribution in [3.63, 3.8) is 0 Å². The fraction of sp³-hybridized carbons (Fsp3) is 0.294. The summed E-state index contributed by atoms with van der Waals surface area (Å²) in [6, 6.07) is 11.4. The molecule has 1 aromatic carbocycles. The molecule has 0 aliphatic heterocycles. The number of Topliss-reactive ketones (excluding diaryl/α,β-unsaturated/α-hetero) is 1. The first-order valence-electron chi connectivity index (χ1n) is 6.86. The summed E-state index contributed by atoms with van der Waals surface area (Å²) in [6.07, 6.45) is -0.668. The number of rotatable bonds is 5. The summed E-state index contributed by atoms with van der Waals surface area (Å²) in [7, 11) is 0. The third-order valence-corrected chi connectivity index (χ3v) is 3.27. The first kappa shape index (κ1) is 15.2. The molecule has 2 aromatic rings. The number of nitrogens with zero attached hydrogens (tertiary/aromatic N) is 1. The molecule has 2 rings (SSSR count). The van der Waals surface area contributed by atoms with Crippen molar-refractivity contribution >= 4 is 5.78 Å². The molecule has 0 saturated heterocycles. The van der Waals surface area contributed by atoms with Crippen molar-refractivity contribution in [1.82, 2.24) is 4.98 Å². The zero-order valence-electron chi connectivity index (χ0n) is 12.5. The van der Waals surface area contributed by atoms with Crippen molar-refractivity contribution in [2.75, 3.05) is 0 Å². The van der Waals surface area contributed by atoms with Crippen LogP contribution in [0.5, 0.6) is 5.88 Å². The average Bonchev–Trinajstić information content (AvgIpc) is 2.45. The molecular formula is C17H19NO3. The Balaban J connectivity index is 2.30. The van der Waals surface area contributed by atoms with Crippen molar-refractivity contribution in [1.29, 1.82) is 0 Å². The van der Waals surface area contributed by atoms with Gasteiger partial charge in [-0.3, -0.25) is 4.79 Å². The Hall–Kier alpha value is -2.20. The maximum atomic E-state index is 11.8. The molecule has 1 atom stereocenters. The number of hydrogen-bond acceptors (Lipinski definition) is 4. The number of ether oxygens (including phenoxy) is 1. The van der Waals surface area contributed by atoms with Crippen LogP contribution in [0.15, 0.2) is 36.4 Å². The second-order valence-electron chi connectivity index (χ2n) is 5.02. The van der Waals surface area contributed by atoms with E-state index < -0.39 is 6.10 Å². The number of aromatic nitrogens is 1. The number of carbonyl (C=O) groups excluding carboxylic acids is 1. The Morgan fingerprint density at radius 1 is 1.33 bits per heavy atom. The lowest BCUT2D eigenvalue weighted by molar-refractivity contribution is 0.101. The van der Waals surface area contributed by atoms with Crippen LogP contribution in [0.2, 0.25) is 0 Å². The number of aliphatic hydroxyl groups excluding tert-OH is 1. The zero-order chi connectivity index (χ0) is 15.4. The highest BCUT2D eigenvalue weighted by Gasteiger charge is 2.16. The van der Waals surface area contributed by atoms with Crippen molar-refractivity contribution in [2.45, 2.75) is 33.5 Å². The van der Waals surface area contributed by atoms with Crippen LogP contribution < -0.4 is 4.74 Å². The van der Waals surface area contributed by atoms with E-state index in [1.165, 1.54) is 6.92 Å². The van der Waals surface area contributed by atoms with E-state index in [0.717, 1.165) is 5.56 Å². The second kappa shape index (κ2) is 6.50. The Bertz CT molecular complexity index is 636. The monoisotopic (exact) mass is 285 g/mol. The molecule has 0 radical (unpaired) electrons. The smallest absolute Gasteiger partial charge is 0.224 e. The minimum Gasteiger partial charge on any atom is -0.472 e. The summed E-state index contributed by atoms with van der Waals surface area (Å²) >= 11 is 0. The van der Waals surface area contributed by atoms with Gasteiger partial charge < -0.3 is 9.84 Å². The van der Waals surface area contributed by atoms with E-state index in [1.54, 1.807) is 19.9 Å². The zero-order valence-corrected chi connectivity index (χ0v) is 12.5. The summed E-state index contributed by atoms with van der Waals surface area (Å²) in [5.41, 5.74) is 2.71. The molecule has 1 heterocycles. The van der Waals surface area contributed by atoms with Gasteiger partial charge in [0.1, 0.15) is 6.61 Å². The van der Waals surface area contributed by atoms with Crippen molar-refractivity contribution in [2.24, 2.45) is 0 Å².